The van der Waals surface area contributed by atoms with Crippen LogP contribution in [0.15, 0.2) is 48.6 Å². The third-order valence-corrected chi connectivity index (χ3v) is 2.62. The summed E-state index contributed by atoms with van der Waals surface area (Å²) in [5, 5.41) is 0. The Balaban J connectivity index is 2.81. The topological polar surface area (TPSA) is 17.1 Å². The fourth-order valence-corrected chi connectivity index (χ4v) is 1.66. The van der Waals surface area contributed by atoms with E-state index in [1.165, 1.54) is 0 Å². The summed E-state index contributed by atoms with van der Waals surface area (Å²) in [5.41, 5.74) is 1.94. The summed E-state index contributed by atoms with van der Waals surface area (Å²) >= 11 is 0. The lowest BCUT2D eigenvalue weighted by molar-refractivity contribution is -0.115. The second-order valence-corrected chi connectivity index (χ2v) is 4.10. The van der Waals surface area contributed by atoms with Crippen molar-refractivity contribution in [3.8, 4) is 0 Å². The van der Waals surface area contributed by atoms with Gasteiger partial charge in [0.1, 0.15) is 0 Å². The Bertz CT molecular complexity index is 387. The van der Waals surface area contributed by atoms with E-state index in [2.05, 4.69) is 13.5 Å². The van der Waals surface area contributed by atoms with Crippen LogP contribution < -0.4 is 0 Å². The summed E-state index contributed by atoms with van der Waals surface area (Å²) in [6.45, 7) is 5.81. The van der Waals surface area contributed by atoms with E-state index in [0.717, 1.165) is 24.0 Å². The first-order chi connectivity index (χ1) is 8.27. The molecule has 0 aliphatic heterocycles. The molecule has 0 spiro atoms. The normalized spacial score (nSPS) is 11.2. The average Bonchev–Trinajstić information content (AvgIpc) is 2.36. The van der Waals surface area contributed by atoms with Crippen molar-refractivity contribution in [2.45, 2.75) is 32.6 Å². The van der Waals surface area contributed by atoms with Crippen LogP contribution in [0.3, 0.4) is 0 Å². The number of benzene rings is 1. The minimum atomic E-state index is 0.246. The molecule has 0 aliphatic carbocycles. The molecule has 0 saturated carbocycles. The zero-order chi connectivity index (χ0) is 12.5. The van der Waals surface area contributed by atoms with Gasteiger partial charge >= 0.3 is 0 Å². The minimum absolute atomic E-state index is 0.246. The molecule has 0 radical (unpaired) electrons. The molecule has 0 heterocycles. The second-order valence-electron chi connectivity index (χ2n) is 4.10. The molecule has 0 atom stereocenters. The molecule has 1 aromatic rings. The van der Waals surface area contributed by atoms with Gasteiger partial charge in [-0.05, 0) is 30.1 Å². The lowest BCUT2D eigenvalue weighted by atomic mass is 10.0. The first-order valence-corrected chi connectivity index (χ1v) is 6.17. The maximum Gasteiger partial charge on any atom is 0.159 e. The van der Waals surface area contributed by atoms with Gasteiger partial charge < -0.3 is 0 Å². The van der Waals surface area contributed by atoms with Crippen molar-refractivity contribution in [2.75, 3.05) is 0 Å². The lowest BCUT2D eigenvalue weighted by Gasteiger charge is -2.04. The maximum absolute atomic E-state index is 12.0. The Morgan fingerprint density at radius 1 is 1.29 bits per heavy atom. The van der Waals surface area contributed by atoms with Crippen LogP contribution in [-0.4, -0.2) is 5.78 Å². The van der Waals surface area contributed by atoms with Gasteiger partial charge in [0.25, 0.3) is 0 Å². The van der Waals surface area contributed by atoms with Crippen molar-refractivity contribution < 1.29 is 4.79 Å². The molecule has 0 fully saturated rings. The molecule has 0 aliphatic rings. The number of hydrogen-bond donors (Lipinski definition) is 0. The number of Topliss-reactive ketones (excluding diaryl/α,β-unsaturated/α-hetero) is 1. The lowest BCUT2D eigenvalue weighted by Crippen LogP contribution is -2.01. The zero-order valence-corrected chi connectivity index (χ0v) is 10.5. The Kier molecular flexibility index (Phi) is 6.02. The van der Waals surface area contributed by atoms with Gasteiger partial charge in [-0.25, -0.2) is 0 Å². The number of carbonyl (C=O) groups is 1. The van der Waals surface area contributed by atoms with E-state index < -0.39 is 0 Å². The van der Waals surface area contributed by atoms with E-state index in [1.54, 1.807) is 6.08 Å². The summed E-state index contributed by atoms with van der Waals surface area (Å²) in [5.74, 6) is 0.246. The van der Waals surface area contributed by atoms with Crippen molar-refractivity contribution >= 4 is 11.9 Å². The molecule has 1 aromatic carbocycles. The third-order valence-electron chi connectivity index (χ3n) is 2.62. The van der Waals surface area contributed by atoms with Crippen LogP contribution in [0.4, 0.5) is 0 Å². The van der Waals surface area contributed by atoms with Crippen molar-refractivity contribution in [2.24, 2.45) is 0 Å². The van der Waals surface area contributed by atoms with E-state index >= 15 is 0 Å². The Hall–Kier alpha value is -1.63. The van der Waals surface area contributed by atoms with Gasteiger partial charge in [0.2, 0.25) is 0 Å². The standard InChI is InChI=1S/C16H20O/c1-3-5-12-16(17)15(9-4-2)13-14-10-7-6-8-11-14/h4,6-8,10-11,13H,2-3,5,9,12H2,1H3/b15-13-. The first kappa shape index (κ1) is 13.4. The molecule has 0 unspecified atom stereocenters. The monoisotopic (exact) mass is 228 g/mol. The molecular formula is C16H20O. The molecule has 1 nitrogen and oxygen atoms in total. The van der Waals surface area contributed by atoms with E-state index in [1.807, 2.05) is 36.4 Å². The largest absolute Gasteiger partial charge is 0.295 e. The molecule has 0 amide bonds. The SMILES string of the molecule is C=CC/C(=C/c1ccccc1)C(=O)CCCC. The molecule has 1 rings (SSSR count). The van der Waals surface area contributed by atoms with Crippen LogP contribution in [-0.2, 0) is 4.79 Å². The number of hydrogen-bond acceptors (Lipinski definition) is 1. The van der Waals surface area contributed by atoms with Gasteiger partial charge in [-0.15, -0.1) is 6.58 Å². The van der Waals surface area contributed by atoms with Gasteiger partial charge in [0, 0.05) is 6.42 Å². The number of ketones is 1. The van der Waals surface area contributed by atoms with E-state index in [9.17, 15) is 4.79 Å². The molecule has 1 heteroatoms. The number of carbonyl (C=O) groups excluding carboxylic acids is 1. The fraction of sp³-hybridized carbons (Fsp3) is 0.312. The van der Waals surface area contributed by atoms with E-state index in [0.29, 0.717) is 12.8 Å². The predicted octanol–water partition coefficient (Wildman–Crippen LogP) is 4.41. The van der Waals surface area contributed by atoms with Gasteiger partial charge in [-0.2, -0.15) is 0 Å². The highest BCUT2D eigenvalue weighted by Crippen LogP contribution is 2.14. The van der Waals surface area contributed by atoms with Crippen molar-refractivity contribution in [3.05, 3.63) is 54.1 Å². The summed E-state index contributed by atoms with van der Waals surface area (Å²) in [6, 6.07) is 9.96. The zero-order valence-electron chi connectivity index (χ0n) is 10.5. The smallest absolute Gasteiger partial charge is 0.159 e. The highest BCUT2D eigenvalue weighted by atomic mass is 16.1. The number of allylic oxidation sites excluding steroid dienone is 2. The second kappa shape index (κ2) is 7.61. The first-order valence-electron chi connectivity index (χ1n) is 6.17. The number of rotatable bonds is 7. The van der Waals surface area contributed by atoms with Gasteiger partial charge in [0.05, 0.1) is 0 Å². The van der Waals surface area contributed by atoms with Crippen LogP contribution in [0.1, 0.15) is 38.2 Å². The fourth-order valence-electron chi connectivity index (χ4n) is 1.66. The van der Waals surface area contributed by atoms with Crippen LogP contribution in [0.25, 0.3) is 6.08 Å². The van der Waals surface area contributed by atoms with Crippen molar-refractivity contribution in [1.29, 1.82) is 0 Å². The quantitative estimate of drug-likeness (QED) is 0.499. The molecule has 0 N–H and O–H groups in total. The summed E-state index contributed by atoms with van der Waals surface area (Å²) in [4.78, 5) is 12.0. The Morgan fingerprint density at radius 3 is 2.59 bits per heavy atom. The molecular weight excluding hydrogens is 208 g/mol. The molecule has 0 bridgehead atoms. The van der Waals surface area contributed by atoms with Crippen LogP contribution in [0, 0.1) is 0 Å². The van der Waals surface area contributed by atoms with Gasteiger partial charge in [-0.1, -0.05) is 49.8 Å². The van der Waals surface area contributed by atoms with Gasteiger partial charge in [0.15, 0.2) is 5.78 Å². The van der Waals surface area contributed by atoms with Gasteiger partial charge in [-0.3, -0.25) is 4.79 Å². The Morgan fingerprint density at radius 2 is 2.00 bits per heavy atom. The van der Waals surface area contributed by atoms with Crippen LogP contribution >= 0.6 is 0 Å². The van der Waals surface area contributed by atoms with Crippen LogP contribution in [0.5, 0.6) is 0 Å². The maximum atomic E-state index is 12.0. The molecule has 0 aromatic heterocycles. The highest BCUT2D eigenvalue weighted by Gasteiger charge is 2.07. The number of unbranched alkanes of at least 4 members (excludes halogenated alkanes) is 1. The van der Waals surface area contributed by atoms with E-state index in [-0.39, 0.29) is 5.78 Å². The average molecular weight is 228 g/mol. The summed E-state index contributed by atoms with van der Waals surface area (Å²) in [7, 11) is 0. The molecule has 0 saturated heterocycles. The highest BCUT2D eigenvalue weighted by molar-refractivity contribution is 5.99. The van der Waals surface area contributed by atoms with Crippen LogP contribution in [0.2, 0.25) is 0 Å². The Labute approximate surface area is 104 Å². The van der Waals surface area contributed by atoms with Crippen molar-refractivity contribution in [1.82, 2.24) is 0 Å². The summed E-state index contributed by atoms with van der Waals surface area (Å²) in [6.07, 6.45) is 7.07. The minimum Gasteiger partial charge on any atom is -0.295 e. The summed E-state index contributed by atoms with van der Waals surface area (Å²) < 4.78 is 0. The third kappa shape index (κ3) is 4.81. The van der Waals surface area contributed by atoms with E-state index in [4.69, 9.17) is 0 Å². The van der Waals surface area contributed by atoms with Crippen molar-refractivity contribution in [3.63, 3.8) is 0 Å². The molecule has 17 heavy (non-hydrogen) atoms. The predicted molar refractivity (Wildman–Crippen MR) is 73.8 cm³/mol. The molecule has 90 valence electrons.